The van der Waals surface area contributed by atoms with E-state index in [-0.39, 0.29) is 5.91 Å². The predicted octanol–water partition coefficient (Wildman–Crippen LogP) is 3.10. The van der Waals surface area contributed by atoms with Crippen LogP contribution in [0.1, 0.15) is 41.7 Å². The van der Waals surface area contributed by atoms with Crippen LogP contribution < -0.4 is 10.6 Å². The molecule has 116 valence electrons. The van der Waals surface area contributed by atoms with Crippen LogP contribution in [0.4, 0.5) is 0 Å². The molecule has 0 saturated heterocycles. The van der Waals surface area contributed by atoms with Crippen LogP contribution in [-0.4, -0.2) is 30.5 Å². The quantitative estimate of drug-likeness (QED) is 0.805. The number of amides is 1. The largest absolute Gasteiger partial charge is 0.351 e. The van der Waals surface area contributed by atoms with Crippen LogP contribution >= 0.6 is 11.6 Å². The first-order valence-corrected chi connectivity index (χ1v) is 8.16. The Morgan fingerprint density at radius 1 is 1.32 bits per heavy atom. The molecule has 0 radical (unpaired) electrons. The molecular weight excluding hydrogens is 298 g/mol. The summed E-state index contributed by atoms with van der Waals surface area (Å²) in [7, 11) is 0. The fourth-order valence-corrected chi connectivity index (χ4v) is 2.70. The molecule has 3 rings (SSSR count). The Bertz CT molecular complexity index is 698. The number of fused-ring (bicyclic) bond motifs is 1. The van der Waals surface area contributed by atoms with Crippen LogP contribution in [0.3, 0.4) is 0 Å². The van der Waals surface area contributed by atoms with Crippen molar-refractivity contribution in [2.75, 3.05) is 19.6 Å². The molecular formula is C17H20ClN3O. The average Bonchev–Trinajstić information content (AvgIpc) is 3.35. The zero-order valence-corrected chi connectivity index (χ0v) is 13.4. The van der Waals surface area contributed by atoms with Gasteiger partial charge in [-0.1, -0.05) is 18.5 Å². The number of likely N-dealkylation sites (N-methyl/N-ethyl adjacent to an activating group) is 1. The third-order valence-corrected chi connectivity index (χ3v) is 4.10. The van der Waals surface area contributed by atoms with E-state index in [2.05, 4.69) is 15.6 Å². The van der Waals surface area contributed by atoms with Crippen LogP contribution in [0, 0.1) is 0 Å². The lowest BCUT2D eigenvalue weighted by molar-refractivity contribution is 0.0955. The van der Waals surface area contributed by atoms with Crippen molar-refractivity contribution in [3.05, 3.63) is 40.5 Å². The van der Waals surface area contributed by atoms with Crippen molar-refractivity contribution in [1.29, 1.82) is 0 Å². The van der Waals surface area contributed by atoms with E-state index in [9.17, 15) is 4.79 Å². The number of pyridine rings is 1. The van der Waals surface area contributed by atoms with Crippen LogP contribution in [0.5, 0.6) is 0 Å². The molecule has 5 heteroatoms. The van der Waals surface area contributed by atoms with Crippen molar-refractivity contribution in [2.45, 2.75) is 25.7 Å². The molecule has 0 unspecified atom stereocenters. The first-order chi connectivity index (χ1) is 10.7. The maximum absolute atomic E-state index is 12.5. The molecule has 0 atom stereocenters. The zero-order chi connectivity index (χ0) is 15.5. The van der Waals surface area contributed by atoms with Gasteiger partial charge in [0.15, 0.2) is 0 Å². The maximum atomic E-state index is 12.5. The van der Waals surface area contributed by atoms with Crippen LogP contribution in [0.2, 0.25) is 5.02 Å². The van der Waals surface area contributed by atoms with Gasteiger partial charge in [-0.3, -0.25) is 9.78 Å². The van der Waals surface area contributed by atoms with Crippen molar-refractivity contribution in [3.8, 4) is 0 Å². The highest BCUT2D eigenvalue weighted by Gasteiger charge is 2.27. The molecule has 2 N–H and O–H groups in total. The molecule has 0 bridgehead atoms. The summed E-state index contributed by atoms with van der Waals surface area (Å²) >= 11 is 6.09. The van der Waals surface area contributed by atoms with Crippen LogP contribution in [0.15, 0.2) is 24.3 Å². The molecule has 1 aliphatic carbocycles. The van der Waals surface area contributed by atoms with Gasteiger partial charge in [0, 0.05) is 35.1 Å². The number of nitrogens with one attached hydrogen (secondary N) is 2. The average molecular weight is 318 g/mol. The summed E-state index contributed by atoms with van der Waals surface area (Å²) in [6.07, 6.45) is 2.32. The third-order valence-electron chi connectivity index (χ3n) is 3.87. The molecule has 1 aliphatic rings. The summed E-state index contributed by atoms with van der Waals surface area (Å²) < 4.78 is 0. The van der Waals surface area contributed by atoms with Gasteiger partial charge in [0.05, 0.1) is 11.1 Å². The number of rotatable bonds is 6. The summed E-state index contributed by atoms with van der Waals surface area (Å²) in [6, 6.07) is 7.46. The van der Waals surface area contributed by atoms with Crippen LogP contribution in [0.25, 0.3) is 10.9 Å². The molecule has 1 aromatic carbocycles. The molecule has 0 aliphatic heterocycles. The fraction of sp³-hybridized carbons (Fsp3) is 0.412. The van der Waals surface area contributed by atoms with E-state index < -0.39 is 0 Å². The zero-order valence-electron chi connectivity index (χ0n) is 12.7. The minimum Gasteiger partial charge on any atom is -0.351 e. The van der Waals surface area contributed by atoms with E-state index in [0.29, 0.717) is 23.0 Å². The normalized spacial score (nSPS) is 14.3. The third kappa shape index (κ3) is 3.39. The van der Waals surface area contributed by atoms with Gasteiger partial charge in [-0.05, 0) is 43.7 Å². The number of nitrogens with zero attached hydrogens (tertiary/aromatic N) is 1. The van der Waals surface area contributed by atoms with Crippen molar-refractivity contribution in [3.63, 3.8) is 0 Å². The second-order valence-electron chi connectivity index (χ2n) is 5.64. The van der Waals surface area contributed by atoms with Crippen LogP contribution in [-0.2, 0) is 0 Å². The van der Waals surface area contributed by atoms with E-state index in [4.69, 9.17) is 11.6 Å². The van der Waals surface area contributed by atoms with Gasteiger partial charge in [0.1, 0.15) is 0 Å². The highest BCUT2D eigenvalue weighted by Crippen LogP contribution is 2.40. The topological polar surface area (TPSA) is 54.0 Å². The van der Waals surface area contributed by atoms with Gasteiger partial charge in [-0.15, -0.1) is 0 Å². The summed E-state index contributed by atoms with van der Waals surface area (Å²) in [6.45, 7) is 4.31. The molecule has 1 aromatic heterocycles. The Morgan fingerprint density at radius 3 is 2.86 bits per heavy atom. The molecule has 22 heavy (non-hydrogen) atoms. The Balaban J connectivity index is 1.91. The monoisotopic (exact) mass is 317 g/mol. The molecule has 4 nitrogen and oxygen atoms in total. The number of hydrogen-bond donors (Lipinski definition) is 2. The number of carbonyl (C=O) groups excluding carboxylic acids is 1. The molecule has 1 saturated carbocycles. The lowest BCUT2D eigenvalue weighted by Gasteiger charge is -2.10. The lowest BCUT2D eigenvalue weighted by atomic mass is 10.1. The fourth-order valence-electron chi connectivity index (χ4n) is 2.53. The maximum Gasteiger partial charge on any atom is 0.252 e. The first-order valence-electron chi connectivity index (χ1n) is 7.78. The Hall–Kier alpha value is -1.65. The van der Waals surface area contributed by atoms with Gasteiger partial charge < -0.3 is 10.6 Å². The van der Waals surface area contributed by atoms with E-state index in [1.54, 1.807) is 0 Å². The van der Waals surface area contributed by atoms with E-state index >= 15 is 0 Å². The number of hydrogen-bond acceptors (Lipinski definition) is 3. The lowest BCUT2D eigenvalue weighted by Crippen LogP contribution is -2.31. The minimum atomic E-state index is -0.0607. The summed E-state index contributed by atoms with van der Waals surface area (Å²) in [5.41, 5.74) is 2.53. The van der Waals surface area contributed by atoms with Gasteiger partial charge in [-0.25, -0.2) is 0 Å². The predicted molar refractivity (Wildman–Crippen MR) is 89.6 cm³/mol. The summed E-state index contributed by atoms with van der Waals surface area (Å²) in [5.74, 6) is 0.447. The molecule has 1 heterocycles. The Labute approximate surface area is 135 Å². The molecule has 2 aromatic rings. The second kappa shape index (κ2) is 6.63. The molecule has 1 fully saturated rings. The van der Waals surface area contributed by atoms with Gasteiger partial charge in [0.2, 0.25) is 0 Å². The number of benzene rings is 1. The Kier molecular flexibility index (Phi) is 4.60. The van der Waals surface area contributed by atoms with E-state index in [0.717, 1.165) is 42.5 Å². The van der Waals surface area contributed by atoms with Crippen molar-refractivity contribution in [2.24, 2.45) is 0 Å². The second-order valence-corrected chi connectivity index (χ2v) is 6.08. The molecule has 0 spiro atoms. The standard InChI is InChI=1S/C17H20ClN3O/c1-2-19-7-8-20-17(22)14-10-16(11-3-4-11)21-15-6-5-12(18)9-13(14)15/h5-6,9-11,19H,2-4,7-8H2,1H3,(H,20,22). The van der Waals surface area contributed by atoms with Crippen molar-refractivity contribution in [1.82, 2.24) is 15.6 Å². The first kappa shape index (κ1) is 15.3. The smallest absolute Gasteiger partial charge is 0.252 e. The van der Waals surface area contributed by atoms with Gasteiger partial charge in [-0.2, -0.15) is 0 Å². The van der Waals surface area contributed by atoms with Gasteiger partial charge in [0.25, 0.3) is 5.91 Å². The minimum absolute atomic E-state index is 0.0607. The van der Waals surface area contributed by atoms with Gasteiger partial charge >= 0.3 is 0 Å². The number of carbonyl (C=O) groups is 1. The number of aromatic nitrogens is 1. The number of halogens is 1. The Morgan fingerprint density at radius 2 is 2.14 bits per heavy atom. The highest BCUT2D eigenvalue weighted by atomic mass is 35.5. The molecule has 1 amide bonds. The summed E-state index contributed by atoms with van der Waals surface area (Å²) in [5, 5.41) is 7.59. The van der Waals surface area contributed by atoms with Crippen molar-refractivity contribution < 1.29 is 4.79 Å². The van der Waals surface area contributed by atoms with E-state index in [1.165, 1.54) is 0 Å². The highest BCUT2D eigenvalue weighted by molar-refractivity contribution is 6.31. The van der Waals surface area contributed by atoms with E-state index in [1.807, 2.05) is 31.2 Å². The van der Waals surface area contributed by atoms with Crippen molar-refractivity contribution >= 4 is 28.4 Å². The SMILES string of the molecule is CCNCCNC(=O)c1cc(C2CC2)nc2ccc(Cl)cc12. The summed E-state index contributed by atoms with van der Waals surface area (Å²) in [4.78, 5) is 17.2.